The number of hydrogen-bond donors (Lipinski definition) is 3. The van der Waals surface area contributed by atoms with Gasteiger partial charge < -0.3 is 25.4 Å². The van der Waals surface area contributed by atoms with Crippen molar-refractivity contribution in [3.63, 3.8) is 0 Å². The second kappa shape index (κ2) is 12.3. The first-order valence-corrected chi connectivity index (χ1v) is 13.6. The van der Waals surface area contributed by atoms with E-state index in [1.165, 1.54) is 11.3 Å². The Morgan fingerprint density at radius 1 is 1.25 bits per heavy atom. The molecule has 0 aliphatic carbocycles. The van der Waals surface area contributed by atoms with Crippen molar-refractivity contribution in [2.24, 2.45) is 23.0 Å². The third-order valence-corrected chi connectivity index (χ3v) is 8.08. The fourth-order valence-corrected chi connectivity index (χ4v) is 5.11. The molecular weight excluding hydrogens is 480 g/mol. The number of ether oxygens (including phenoxy) is 2. The molecule has 0 bridgehead atoms. The van der Waals surface area contributed by atoms with Crippen LogP contribution >= 0.6 is 11.3 Å². The number of nitrogens with two attached hydrogens (primary N) is 1. The van der Waals surface area contributed by atoms with Crippen LogP contribution < -0.4 is 5.73 Å². The zero-order valence-corrected chi connectivity index (χ0v) is 23.7. The molecule has 36 heavy (non-hydrogen) atoms. The van der Waals surface area contributed by atoms with Crippen molar-refractivity contribution in [1.82, 2.24) is 4.98 Å². The van der Waals surface area contributed by atoms with Crippen LogP contribution in [-0.4, -0.2) is 57.1 Å². The minimum Gasteiger partial charge on any atom is -0.434 e. The Labute approximate surface area is 219 Å². The highest BCUT2D eigenvalue weighted by atomic mass is 32.1. The SMILES string of the molecule is C/C(=C\c1csc(C)n1)C(N)C1OC(=O)CC(O)C(C)(C)C(=O)C(C)C(O)C(C)CCCC(C)(C)O1. The second-order valence-corrected chi connectivity index (χ2v) is 12.5. The number of nitrogens with zero attached hydrogens (tertiary/aromatic N) is 1. The van der Waals surface area contributed by atoms with Crippen LogP contribution in [0.2, 0.25) is 0 Å². The van der Waals surface area contributed by atoms with Crippen molar-refractivity contribution in [1.29, 1.82) is 0 Å². The molecule has 0 saturated carbocycles. The molecule has 0 aromatic carbocycles. The molecule has 2 rings (SSSR count). The Hall–Kier alpha value is -1.65. The van der Waals surface area contributed by atoms with E-state index >= 15 is 0 Å². The minimum atomic E-state index is -1.30. The Bertz CT molecular complexity index is 940. The highest BCUT2D eigenvalue weighted by Crippen LogP contribution is 2.33. The first-order valence-electron chi connectivity index (χ1n) is 12.7. The van der Waals surface area contributed by atoms with Gasteiger partial charge in [0, 0.05) is 11.3 Å². The van der Waals surface area contributed by atoms with Crippen molar-refractivity contribution in [3.8, 4) is 0 Å². The molecule has 1 aliphatic heterocycles. The van der Waals surface area contributed by atoms with E-state index in [0.29, 0.717) is 12.8 Å². The lowest BCUT2D eigenvalue weighted by molar-refractivity contribution is -0.213. The zero-order valence-electron chi connectivity index (χ0n) is 22.9. The van der Waals surface area contributed by atoms with Gasteiger partial charge in [0.05, 0.1) is 46.4 Å². The molecule has 1 aromatic rings. The standard InChI is InChI=1S/C27H44N2O6S/c1-15-10-9-11-26(5,6)35-25(22(28)16(2)12-19-14-36-18(4)29-19)34-21(31)13-20(30)27(7,8)24(33)17(3)23(15)32/h12,14-15,17,20,22-23,25,30,32H,9-11,13,28H2,1-8H3/b16-12+. The number of aliphatic hydroxyl groups excluding tert-OH is 2. The summed E-state index contributed by atoms with van der Waals surface area (Å²) in [6.45, 7) is 14.3. The summed E-state index contributed by atoms with van der Waals surface area (Å²) in [7, 11) is 0. The fraction of sp³-hybridized carbons (Fsp3) is 0.741. The van der Waals surface area contributed by atoms with Gasteiger partial charge in [0.1, 0.15) is 5.78 Å². The van der Waals surface area contributed by atoms with Crippen molar-refractivity contribution in [2.45, 2.75) is 111 Å². The van der Waals surface area contributed by atoms with Crippen LogP contribution in [-0.2, 0) is 19.1 Å². The summed E-state index contributed by atoms with van der Waals surface area (Å²) >= 11 is 1.53. The van der Waals surface area contributed by atoms with Crippen molar-refractivity contribution >= 4 is 29.2 Å². The first-order chi connectivity index (χ1) is 16.5. The van der Waals surface area contributed by atoms with E-state index in [0.717, 1.165) is 22.7 Å². The van der Waals surface area contributed by atoms with E-state index in [1.807, 2.05) is 46.1 Å². The van der Waals surface area contributed by atoms with Crippen LogP contribution in [0.4, 0.5) is 0 Å². The number of rotatable bonds is 3. The van der Waals surface area contributed by atoms with Gasteiger partial charge in [-0.2, -0.15) is 0 Å². The van der Waals surface area contributed by atoms with Crippen molar-refractivity contribution in [3.05, 3.63) is 21.7 Å². The van der Waals surface area contributed by atoms with E-state index in [-0.39, 0.29) is 11.7 Å². The molecular formula is C27H44N2O6S. The number of esters is 1. The van der Waals surface area contributed by atoms with E-state index in [2.05, 4.69) is 4.98 Å². The van der Waals surface area contributed by atoms with Crippen molar-refractivity contribution in [2.75, 3.05) is 0 Å². The molecule has 1 fully saturated rings. The molecule has 4 N–H and O–H groups in total. The smallest absolute Gasteiger partial charge is 0.310 e. The summed E-state index contributed by atoms with van der Waals surface area (Å²) in [5.74, 6) is -1.81. The van der Waals surface area contributed by atoms with E-state index in [1.54, 1.807) is 20.8 Å². The summed E-state index contributed by atoms with van der Waals surface area (Å²) in [5, 5.41) is 24.5. The molecule has 9 heteroatoms. The summed E-state index contributed by atoms with van der Waals surface area (Å²) in [5.41, 5.74) is 6.08. The van der Waals surface area contributed by atoms with Crippen LogP contribution in [0.5, 0.6) is 0 Å². The van der Waals surface area contributed by atoms with Gasteiger partial charge in [0.25, 0.3) is 0 Å². The lowest BCUT2D eigenvalue weighted by atomic mass is 9.73. The number of aryl methyl sites for hydroxylation is 1. The lowest BCUT2D eigenvalue weighted by Crippen LogP contribution is -2.47. The number of carbonyl (C=O) groups excluding carboxylic acids is 2. The fourth-order valence-electron chi connectivity index (χ4n) is 4.54. The normalized spacial score (nSPS) is 31.8. The highest BCUT2D eigenvalue weighted by molar-refractivity contribution is 7.09. The van der Waals surface area contributed by atoms with E-state index < -0.39 is 53.9 Å². The molecule has 6 atom stereocenters. The number of cyclic esters (lactones) is 1. The van der Waals surface area contributed by atoms with Crippen LogP contribution in [0.15, 0.2) is 11.0 Å². The molecule has 0 amide bonds. The van der Waals surface area contributed by atoms with E-state index in [4.69, 9.17) is 15.2 Å². The van der Waals surface area contributed by atoms with Crippen molar-refractivity contribution < 1.29 is 29.3 Å². The molecule has 0 radical (unpaired) electrons. The van der Waals surface area contributed by atoms with Gasteiger partial charge in [-0.05, 0) is 58.1 Å². The maximum absolute atomic E-state index is 13.2. The average Bonchev–Trinajstić information content (AvgIpc) is 3.19. The molecule has 6 unspecified atom stereocenters. The second-order valence-electron chi connectivity index (χ2n) is 11.4. The number of ketones is 1. The molecule has 1 saturated heterocycles. The molecule has 0 spiro atoms. The predicted molar refractivity (Wildman–Crippen MR) is 141 cm³/mol. The lowest BCUT2D eigenvalue weighted by Gasteiger charge is -2.34. The van der Waals surface area contributed by atoms with Gasteiger partial charge >= 0.3 is 5.97 Å². The first kappa shape index (κ1) is 30.6. The molecule has 2 heterocycles. The number of aromatic nitrogens is 1. The summed E-state index contributed by atoms with van der Waals surface area (Å²) < 4.78 is 12.0. The van der Waals surface area contributed by atoms with Gasteiger partial charge in [-0.3, -0.25) is 9.59 Å². The third-order valence-electron chi connectivity index (χ3n) is 7.29. The average molecular weight is 525 g/mol. The highest BCUT2D eigenvalue weighted by Gasteiger charge is 2.43. The number of carbonyl (C=O) groups is 2. The molecule has 8 nitrogen and oxygen atoms in total. The van der Waals surface area contributed by atoms with Crippen LogP contribution in [0.25, 0.3) is 6.08 Å². The minimum absolute atomic E-state index is 0.125. The van der Waals surface area contributed by atoms with Gasteiger partial charge in [-0.15, -0.1) is 11.3 Å². The summed E-state index contributed by atoms with van der Waals surface area (Å²) in [4.78, 5) is 30.6. The Balaban J connectivity index is 2.36. The van der Waals surface area contributed by atoms with Gasteiger partial charge in [0.2, 0.25) is 6.29 Å². The number of Topliss-reactive ketones (excluding diaryl/α,β-unsaturated/α-hetero) is 1. The Morgan fingerprint density at radius 3 is 2.47 bits per heavy atom. The largest absolute Gasteiger partial charge is 0.434 e. The Morgan fingerprint density at radius 2 is 1.89 bits per heavy atom. The predicted octanol–water partition coefficient (Wildman–Crippen LogP) is 4.01. The maximum atomic E-state index is 13.2. The topological polar surface area (TPSA) is 132 Å². The molecule has 1 aliphatic rings. The summed E-state index contributed by atoms with van der Waals surface area (Å²) in [6, 6.07) is -0.765. The maximum Gasteiger partial charge on any atom is 0.310 e. The summed E-state index contributed by atoms with van der Waals surface area (Å²) in [6.07, 6.45) is 0.248. The van der Waals surface area contributed by atoms with Crippen LogP contribution in [0.1, 0.15) is 84.9 Å². The monoisotopic (exact) mass is 524 g/mol. The number of aliphatic hydroxyl groups is 2. The number of hydrogen-bond acceptors (Lipinski definition) is 9. The molecule has 204 valence electrons. The van der Waals surface area contributed by atoms with Gasteiger partial charge in [0.15, 0.2) is 0 Å². The van der Waals surface area contributed by atoms with Gasteiger partial charge in [-0.25, -0.2) is 4.98 Å². The quantitative estimate of drug-likeness (QED) is 0.505. The van der Waals surface area contributed by atoms with Crippen LogP contribution in [0.3, 0.4) is 0 Å². The number of thiazole rings is 1. The third kappa shape index (κ3) is 7.92. The van der Waals surface area contributed by atoms with Crippen LogP contribution in [0, 0.1) is 24.2 Å². The zero-order chi connectivity index (χ0) is 27.4. The Kier molecular flexibility index (Phi) is 10.4. The molecule has 1 aromatic heterocycles. The van der Waals surface area contributed by atoms with E-state index in [9.17, 15) is 19.8 Å². The van der Waals surface area contributed by atoms with Gasteiger partial charge in [-0.1, -0.05) is 34.1 Å².